The molecule has 422 valence electrons. The topological polar surface area (TPSA) is 135 Å². The van der Waals surface area contributed by atoms with Gasteiger partial charge in [0.1, 0.15) is 18.3 Å². The maximum atomic E-state index is 13.9. The molecule has 12 heteroatoms. The van der Waals surface area contributed by atoms with Crippen molar-refractivity contribution in [3.63, 3.8) is 0 Å². The predicted molar refractivity (Wildman–Crippen MR) is 318 cm³/mol. The number of carbonyl (C=O) groups excluding carboxylic acids is 7. The number of ether oxygens (including phenoxy) is 1. The van der Waals surface area contributed by atoms with Crippen molar-refractivity contribution in [1.82, 2.24) is 9.80 Å². The predicted octanol–water partition coefficient (Wildman–Crippen LogP) is 14.5. The summed E-state index contributed by atoms with van der Waals surface area (Å²) < 4.78 is 5.75. The van der Waals surface area contributed by atoms with Crippen LogP contribution in [0.25, 0.3) is 0 Å². The van der Waals surface area contributed by atoms with E-state index in [1.54, 1.807) is 15.9 Å². The van der Waals surface area contributed by atoms with E-state index in [-0.39, 0.29) is 94.5 Å². The molecule has 6 fully saturated rings. The number of rotatable bonds is 14. The van der Waals surface area contributed by atoms with Crippen LogP contribution in [0.5, 0.6) is 0 Å². The highest BCUT2D eigenvalue weighted by atomic mass is 32.2. The third-order valence-corrected chi connectivity index (χ3v) is 19.6. The first-order valence-electron chi connectivity index (χ1n) is 30.4. The Morgan fingerprint density at radius 3 is 1.48 bits per heavy atom. The fourth-order valence-corrected chi connectivity index (χ4v) is 14.6. The summed E-state index contributed by atoms with van der Waals surface area (Å²) in [5, 5.41) is 0.465. The molecule has 10 rings (SSSR count). The summed E-state index contributed by atoms with van der Waals surface area (Å²) in [6.07, 6.45) is 33.7. The van der Waals surface area contributed by atoms with Crippen LogP contribution in [0, 0.1) is 41.6 Å². The molecule has 2 saturated heterocycles. The summed E-state index contributed by atoms with van der Waals surface area (Å²) in [6, 6.07) is 26.5. The number of Topliss-reactive ketones (excluding diaryl/α,β-unsaturated/α-hetero) is 2. The Morgan fingerprint density at radius 2 is 0.975 bits per heavy atom. The van der Waals surface area contributed by atoms with Gasteiger partial charge in [0.05, 0.1) is 36.1 Å². The van der Waals surface area contributed by atoms with Crippen LogP contribution in [0.15, 0.2) is 114 Å². The number of amides is 4. The monoisotopic (exact) mass is 1120 g/mol. The molecule has 80 heavy (non-hydrogen) atoms. The number of benzene rings is 3. The van der Waals surface area contributed by atoms with E-state index in [9.17, 15) is 33.6 Å². The van der Waals surface area contributed by atoms with E-state index in [0.717, 1.165) is 145 Å². The SMILES string of the molecule is O=C(C[C@H]1CCCCCC[C@H]1C(=O)N1C(=O)[C@@H]2CCCCCC[C@@H]21)C1=C[C+]=C(COC(=S)c2ccccc2)C=C1.O=C(C[C@H]1CCCCCC[C@H]1C(=O)N1C(=O)[C@@H]2CCCCCC[C@@H]21)c1ccc(CSC(=O)c2ccccc2)cc1. The summed E-state index contributed by atoms with van der Waals surface area (Å²) in [5.74, 6) is 0.158. The number of hydrogen-bond donors (Lipinski definition) is 0. The lowest BCUT2D eigenvalue weighted by Gasteiger charge is -2.49. The normalized spacial score (nSPS) is 26.1. The smallest absolute Gasteiger partial charge is 0.234 e. The fourth-order valence-electron chi connectivity index (χ4n) is 13.6. The molecule has 0 unspecified atom stereocenters. The molecule has 3 aromatic carbocycles. The quantitative estimate of drug-likeness (QED) is 0.0505. The van der Waals surface area contributed by atoms with Gasteiger partial charge in [-0.1, -0.05) is 199 Å². The van der Waals surface area contributed by atoms with Crippen LogP contribution in [-0.4, -0.2) is 73.9 Å². The molecule has 2 heterocycles. The lowest BCUT2D eigenvalue weighted by atomic mass is 9.73. The number of allylic oxidation sites excluding steroid dienone is 4. The van der Waals surface area contributed by atoms with Crippen LogP contribution < -0.4 is 0 Å². The number of likely N-dealkylation sites (tertiary alicyclic amines) is 2. The Bertz CT molecular complexity index is 2770. The number of fused-ring (bicyclic) bond motifs is 2. The summed E-state index contributed by atoms with van der Waals surface area (Å²) in [4.78, 5) is 96.4. The van der Waals surface area contributed by atoms with Crippen molar-refractivity contribution in [2.24, 2.45) is 35.5 Å². The van der Waals surface area contributed by atoms with Crippen LogP contribution in [0.1, 0.15) is 199 Å². The van der Waals surface area contributed by atoms with Gasteiger partial charge in [0.25, 0.3) is 0 Å². The van der Waals surface area contributed by atoms with Crippen molar-refractivity contribution in [2.75, 3.05) is 6.61 Å². The van der Waals surface area contributed by atoms with E-state index in [2.05, 4.69) is 6.08 Å². The molecule has 3 aromatic rings. The maximum absolute atomic E-state index is 13.9. The van der Waals surface area contributed by atoms with Crippen LogP contribution in [0.2, 0.25) is 0 Å². The number of β-lactam (4-membered cyclic amide) rings is 2. The van der Waals surface area contributed by atoms with Crippen molar-refractivity contribution in [3.8, 4) is 0 Å². The second-order valence-electron chi connectivity index (χ2n) is 23.6. The van der Waals surface area contributed by atoms with E-state index < -0.39 is 0 Å². The second-order valence-corrected chi connectivity index (χ2v) is 24.9. The fraction of sp³-hybridized carbons (Fsp3) is 0.529. The zero-order valence-corrected chi connectivity index (χ0v) is 48.3. The van der Waals surface area contributed by atoms with Gasteiger partial charge in [-0.3, -0.25) is 43.4 Å². The Hall–Kier alpha value is -5.68. The van der Waals surface area contributed by atoms with Gasteiger partial charge in [0, 0.05) is 53.2 Å². The van der Waals surface area contributed by atoms with Crippen LogP contribution in [0.3, 0.4) is 0 Å². The molecule has 4 amide bonds. The molecule has 2 aliphatic heterocycles. The van der Waals surface area contributed by atoms with Crippen molar-refractivity contribution in [3.05, 3.63) is 143 Å². The van der Waals surface area contributed by atoms with Crippen molar-refractivity contribution < 1.29 is 38.3 Å². The Kier molecular flexibility index (Phi) is 21.6. The summed E-state index contributed by atoms with van der Waals surface area (Å²) >= 11 is 6.63. The molecule has 8 atom stereocenters. The number of nitrogens with zero attached hydrogens (tertiary/aromatic N) is 2. The largest absolute Gasteiger partial charge is 0.475 e. The Morgan fingerprint density at radius 1 is 0.512 bits per heavy atom. The first-order chi connectivity index (χ1) is 39.0. The molecule has 0 bridgehead atoms. The number of hydrogen-bond acceptors (Lipinski definition) is 10. The molecule has 0 aromatic heterocycles. The second kappa shape index (κ2) is 29.3. The first-order valence-corrected chi connectivity index (χ1v) is 31.8. The van der Waals surface area contributed by atoms with Crippen molar-refractivity contribution in [1.29, 1.82) is 0 Å². The van der Waals surface area contributed by atoms with Gasteiger partial charge in [-0.15, -0.1) is 0 Å². The van der Waals surface area contributed by atoms with E-state index in [1.807, 2.05) is 97.1 Å². The van der Waals surface area contributed by atoms with E-state index in [1.165, 1.54) is 37.4 Å². The molecule has 0 radical (unpaired) electrons. The number of thiocarbonyl (C=S) groups is 1. The summed E-state index contributed by atoms with van der Waals surface area (Å²) in [6.45, 7) is 0.285. The van der Waals surface area contributed by atoms with E-state index in [4.69, 9.17) is 17.0 Å². The van der Waals surface area contributed by atoms with Crippen LogP contribution in [-0.2, 0) is 34.5 Å². The zero-order valence-electron chi connectivity index (χ0n) is 46.7. The lowest BCUT2D eigenvalue weighted by molar-refractivity contribution is -0.172. The van der Waals surface area contributed by atoms with Gasteiger partial charge >= 0.3 is 0 Å². The standard InChI is InChI=1S/C34H41NO4S.C34H40NO4S/c36-31(25-20-18-24(19-21-25)23-40-34(39)26-12-7-5-8-13-26)22-27-14-6-1-2-9-15-28(27)32(37)35-30-17-11-4-3-10-16-29(30)33(35)38;36-31(25-20-18-24(19-21-25)23-39-34(40)26-12-7-5-8-13-26)22-27-14-6-1-2-9-15-28(27)32(37)35-30-17-11-4-3-10-16-29(30)33(35)38/h5,7-8,12-13,18-21,27-30H,1-4,6,9-11,14-17,22-23H2;5,7-8,12-13,18,20-21,27-30H,1-4,6,9-11,14-17,22-23H2/q;+1/t2*27-,28-,29-,30+/m11/s1. The maximum Gasteiger partial charge on any atom is 0.234 e. The zero-order chi connectivity index (χ0) is 55.8. The molecule has 0 spiro atoms. The number of thioether (sulfide) groups is 1. The summed E-state index contributed by atoms with van der Waals surface area (Å²) in [5.41, 5.74) is 4.61. The average Bonchev–Trinajstić information content (AvgIpc) is 3.55. The third-order valence-electron chi connectivity index (χ3n) is 18.3. The van der Waals surface area contributed by atoms with Gasteiger partial charge in [-0.25, -0.2) is 0 Å². The average molecular weight is 1120 g/mol. The van der Waals surface area contributed by atoms with Crippen molar-refractivity contribution >= 4 is 69.3 Å². The minimum Gasteiger partial charge on any atom is -0.475 e. The molecule has 4 saturated carbocycles. The first kappa shape index (κ1) is 59.0. The van der Waals surface area contributed by atoms with Gasteiger partial charge in [0.15, 0.2) is 16.4 Å². The van der Waals surface area contributed by atoms with Crippen molar-refractivity contribution in [2.45, 2.75) is 185 Å². The highest BCUT2D eigenvalue weighted by Gasteiger charge is 2.53. The Balaban J connectivity index is 0.000000194. The van der Waals surface area contributed by atoms with E-state index in [0.29, 0.717) is 40.3 Å². The van der Waals surface area contributed by atoms with Gasteiger partial charge in [0.2, 0.25) is 34.5 Å². The minimum atomic E-state index is -0.254. The number of imide groups is 2. The highest BCUT2D eigenvalue weighted by molar-refractivity contribution is 8.13. The lowest BCUT2D eigenvalue weighted by Crippen LogP contribution is -2.64. The minimum absolute atomic E-state index is 0.0121. The molecule has 10 nitrogen and oxygen atoms in total. The molecular weight excluding hydrogens is 1040 g/mol. The third kappa shape index (κ3) is 15.1. The molecule has 7 aliphatic rings. The summed E-state index contributed by atoms with van der Waals surface area (Å²) in [7, 11) is 0. The van der Waals surface area contributed by atoms with Crippen LogP contribution >= 0.6 is 24.0 Å². The van der Waals surface area contributed by atoms with Crippen LogP contribution in [0.4, 0.5) is 0 Å². The van der Waals surface area contributed by atoms with Gasteiger partial charge in [-0.2, -0.15) is 0 Å². The molecule has 5 aliphatic carbocycles. The molecule has 0 N–H and O–H groups in total. The van der Waals surface area contributed by atoms with Gasteiger partial charge in [-0.05, 0) is 81.0 Å². The Labute approximate surface area is 484 Å². The number of carbonyl (C=O) groups is 7. The molecular formula is C68H81N2O8S2+. The van der Waals surface area contributed by atoms with E-state index >= 15 is 0 Å². The number of ketones is 2. The highest BCUT2D eigenvalue weighted by Crippen LogP contribution is 2.43. The van der Waals surface area contributed by atoms with Gasteiger partial charge < -0.3 is 4.74 Å².